The summed E-state index contributed by atoms with van der Waals surface area (Å²) in [6.45, 7) is 4.77. The average molecular weight is 398 g/mol. The molecule has 0 spiro atoms. The molecular weight excluding hydrogens is 377 g/mol. The molecule has 1 aliphatic rings. The Morgan fingerprint density at radius 1 is 1.28 bits per heavy atom. The van der Waals surface area contributed by atoms with E-state index in [0.29, 0.717) is 27.4 Å². The molecule has 1 aromatic carbocycles. The van der Waals surface area contributed by atoms with Gasteiger partial charge in [0, 0.05) is 18.0 Å². The lowest BCUT2D eigenvalue weighted by Crippen LogP contribution is -2.42. The fourth-order valence-corrected chi connectivity index (χ4v) is 4.04. The molecule has 0 amide bonds. The Morgan fingerprint density at radius 2 is 2.00 bits per heavy atom. The van der Waals surface area contributed by atoms with Crippen molar-refractivity contribution in [1.82, 2.24) is 9.97 Å². The van der Waals surface area contributed by atoms with E-state index in [9.17, 15) is 0 Å². The standard InChI is InChI=1S/C17H21Cl2N5S/c1-17(10-20)5-7-24(8-6-17)13-9-22-16(15(21)23-13)25-12-4-2-3-11(18)14(12)19/h2-4,9H,5-8,10,20H2,1H3,(H2,21,23). The van der Waals surface area contributed by atoms with Crippen LogP contribution in [-0.2, 0) is 0 Å². The molecule has 8 heteroatoms. The van der Waals surface area contributed by atoms with Gasteiger partial charge in [-0.25, -0.2) is 9.97 Å². The molecule has 0 aliphatic carbocycles. The van der Waals surface area contributed by atoms with Gasteiger partial charge in [0.15, 0.2) is 5.82 Å². The van der Waals surface area contributed by atoms with E-state index in [2.05, 4.69) is 21.8 Å². The van der Waals surface area contributed by atoms with E-state index < -0.39 is 0 Å². The lowest BCUT2D eigenvalue weighted by atomic mass is 9.80. The quantitative estimate of drug-likeness (QED) is 0.808. The third-order valence-electron chi connectivity index (χ3n) is 4.66. The minimum Gasteiger partial charge on any atom is -0.381 e. The van der Waals surface area contributed by atoms with E-state index in [0.717, 1.165) is 36.6 Å². The van der Waals surface area contributed by atoms with Gasteiger partial charge in [-0.15, -0.1) is 0 Å². The number of hydrogen-bond acceptors (Lipinski definition) is 6. The van der Waals surface area contributed by atoms with Crippen LogP contribution < -0.4 is 16.4 Å². The van der Waals surface area contributed by atoms with Gasteiger partial charge in [0.25, 0.3) is 0 Å². The number of aromatic nitrogens is 2. The molecule has 0 atom stereocenters. The maximum atomic E-state index is 6.23. The summed E-state index contributed by atoms with van der Waals surface area (Å²) in [5, 5.41) is 1.62. The Balaban J connectivity index is 1.74. The number of nitrogens with two attached hydrogens (primary N) is 2. The van der Waals surface area contributed by atoms with Crippen LogP contribution in [0.1, 0.15) is 19.8 Å². The third-order valence-corrected chi connectivity index (χ3v) is 6.66. The van der Waals surface area contributed by atoms with Crippen LogP contribution in [0.15, 0.2) is 34.3 Å². The van der Waals surface area contributed by atoms with Gasteiger partial charge in [0.1, 0.15) is 10.8 Å². The molecule has 25 heavy (non-hydrogen) atoms. The molecule has 0 bridgehead atoms. The second-order valence-corrected chi connectivity index (χ2v) is 8.39. The number of rotatable bonds is 4. The minimum absolute atomic E-state index is 0.217. The van der Waals surface area contributed by atoms with Gasteiger partial charge in [-0.1, -0.05) is 48.0 Å². The van der Waals surface area contributed by atoms with Crippen LogP contribution in [0.4, 0.5) is 11.6 Å². The van der Waals surface area contributed by atoms with Gasteiger partial charge in [-0.05, 0) is 36.9 Å². The fraction of sp³-hybridized carbons (Fsp3) is 0.412. The molecule has 4 N–H and O–H groups in total. The van der Waals surface area contributed by atoms with Gasteiger partial charge >= 0.3 is 0 Å². The van der Waals surface area contributed by atoms with Crippen LogP contribution in [-0.4, -0.2) is 29.6 Å². The summed E-state index contributed by atoms with van der Waals surface area (Å²) in [6.07, 6.45) is 3.85. The normalized spacial score (nSPS) is 16.9. The predicted molar refractivity (Wildman–Crippen MR) is 106 cm³/mol. The first kappa shape index (κ1) is 18.6. The SMILES string of the molecule is CC1(CN)CCN(c2cnc(Sc3cccc(Cl)c3Cl)c(N)n2)CC1. The first-order valence-corrected chi connectivity index (χ1v) is 9.68. The number of anilines is 2. The lowest BCUT2D eigenvalue weighted by Gasteiger charge is -2.39. The van der Waals surface area contributed by atoms with Crippen LogP contribution in [0.2, 0.25) is 10.0 Å². The van der Waals surface area contributed by atoms with E-state index in [1.54, 1.807) is 12.3 Å². The van der Waals surface area contributed by atoms with E-state index in [4.69, 9.17) is 34.7 Å². The second-order valence-electron chi connectivity index (χ2n) is 6.57. The first-order valence-electron chi connectivity index (χ1n) is 8.11. The summed E-state index contributed by atoms with van der Waals surface area (Å²) >= 11 is 13.6. The van der Waals surface area contributed by atoms with Crippen molar-refractivity contribution in [3.63, 3.8) is 0 Å². The summed E-state index contributed by atoms with van der Waals surface area (Å²) in [7, 11) is 0. The molecule has 5 nitrogen and oxygen atoms in total. The van der Waals surface area contributed by atoms with Crippen LogP contribution in [0.5, 0.6) is 0 Å². The highest BCUT2D eigenvalue weighted by Crippen LogP contribution is 2.38. The topological polar surface area (TPSA) is 81.1 Å². The maximum Gasteiger partial charge on any atom is 0.158 e. The monoisotopic (exact) mass is 397 g/mol. The highest BCUT2D eigenvalue weighted by molar-refractivity contribution is 7.99. The number of halogens is 2. The van der Waals surface area contributed by atoms with E-state index in [1.807, 2.05) is 12.1 Å². The molecule has 2 heterocycles. The molecule has 1 fully saturated rings. The Hall–Kier alpha value is -1.21. The summed E-state index contributed by atoms with van der Waals surface area (Å²) < 4.78 is 0. The van der Waals surface area contributed by atoms with Crippen LogP contribution in [0, 0.1) is 5.41 Å². The molecule has 2 aromatic rings. The lowest BCUT2D eigenvalue weighted by molar-refractivity contribution is 0.258. The van der Waals surface area contributed by atoms with Crippen LogP contribution in [0.3, 0.4) is 0 Å². The number of nitrogen functional groups attached to an aromatic ring is 1. The highest BCUT2D eigenvalue weighted by atomic mass is 35.5. The Bertz CT molecular complexity index is 763. The molecule has 134 valence electrons. The van der Waals surface area contributed by atoms with Gasteiger partial charge in [0.05, 0.1) is 16.2 Å². The van der Waals surface area contributed by atoms with Gasteiger partial charge < -0.3 is 16.4 Å². The van der Waals surface area contributed by atoms with Crippen molar-refractivity contribution in [1.29, 1.82) is 0 Å². The van der Waals surface area contributed by atoms with E-state index in [-0.39, 0.29) is 5.41 Å². The van der Waals surface area contributed by atoms with Crippen LogP contribution in [0.25, 0.3) is 0 Å². The number of piperidine rings is 1. The summed E-state index contributed by atoms with van der Waals surface area (Å²) in [5.41, 5.74) is 12.2. The van der Waals surface area contributed by atoms with Crippen molar-refractivity contribution in [2.75, 3.05) is 30.3 Å². The molecule has 1 aliphatic heterocycles. The molecule has 3 rings (SSSR count). The highest BCUT2D eigenvalue weighted by Gasteiger charge is 2.29. The van der Waals surface area contributed by atoms with Crippen molar-refractivity contribution >= 4 is 46.6 Å². The first-order chi connectivity index (χ1) is 11.9. The molecule has 0 unspecified atom stereocenters. The predicted octanol–water partition coefficient (Wildman–Crippen LogP) is 4.08. The van der Waals surface area contributed by atoms with Crippen molar-refractivity contribution in [2.24, 2.45) is 11.1 Å². The van der Waals surface area contributed by atoms with Crippen molar-refractivity contribution in [2.45, 2.75) is 29.7 Å². The smallest absolute Gasteiger partial charge is 0.158 e. The Morgan fingerprint density at radius 3 is 2.64 bits per heavy atom. The van der Waals surface area contributed by atoms with Gasteiger partial charge in [-0.2, -0.15) is 0 Å². The molecule has 0 saturated carbocycles. The Labute approximate surface area is 162 Å². The summed E-state index contributed by atoms with van der Waals surface area (Å²) in [5.74, 6) is 1.20. The fourth-order valence-electron chi connectivity index (χ4n) is 2.76. The zero-order valence-electron chi connectivity index (χ0n) is 14.0. The minimum atomic E-state index is 0.217. The number of benzene rings is 1. The molecular formula is C17H21Cl2N5S. The number of nitrogens with zero attached hydrogens (tertiary/aromatic N) is 3. The Kier molecular flexibility index (Phi) is 5.63. The van der Waals surface area contributed by atoms with Gasteiger partial charge in [-0.3, -0.25) is 0 Å². The molecule has 0 radical (unpaired) electrons. The van der Waals surface area contributed by atoms with E-state index in [1.165, 1.54) is 11.8 Å². The van der Waals surface area contributed by atoms with Crippen molar-refractivity contribution < 1.29 is 0 Å². The summed E-state index contributed by atoms with van der Waals surface area (Å²) in [6, 6.07) is 5.47. The van der Waals surface area contributed by atoms with Crippen molar-refractivity contribution in [3.8, 4) is 0 Å². The zero-order valence-corrected chi connectivity index (χ0v) is 16.3. The zero-order chi connectivity index (χ0) is 18.0. The van der Waals surface area contributed by atoms with Crippen molar-refractivity contribution in [3.05, 3.63) is 34.4 Å². The van der Waals surface area contributed by atoms with Crippen LogP contribution >= 0.6 is 35.0 Å². The maximum absolute atomic E-state index is 6.23. The average Bonchev–Trinajstić information content (AvgIpc) is 2.61. The van der Waals surface area contributed by atoms with E-state index >= 15 is 0 Å². The molecule has 1 saturated heterocycles. The second kappa shape index (κ2) is 7.58. The molecule has 1 aromatic heterocycles. The number of hydrogen-bond donors (Lipinski definition) is 2. The third kappa shape index (κ3) is 4.14. The van der Waals surface area contributed by atoms with Gasteiger partial charge in [0.2, 0.25) is 0 Å². The summed E-state index contributed by atoms with van der Waals surface area (Å²) in [4.78, 5) is 12.0. The largest absolute Gasteiger partial charge is 0.381 e.